The fraction of sp³-hybridized carbons (Fsp3) is 0.214. The van der Waals surface area contributed by atoms with Gasteiger partial charge in [0.15, 0.2) is 6.10 Å². The Morgan fingerprint density at radius 2 is 1.73 bits per heavy atom. The summed E-state index contributed by atoms with van der Waals surface area (Å²) in [6, 6.07) is 22.8. The third kappa shape index (κ3) is 5.83. The van der Waals surface area contributed by atoms with Crippen molar-refractivity contribution in [1.29, 1.82) is 0 Å². The summed E-state index contributed by atoms with van der Waals surface area (Å²) in [7, 11) is 0. The second kappa shape index (κ2) is 11.0. The minimum absolute atomic E-state index is 0.0949. The fourth-order valence-electron chi connectivity index (χ4n) is 4.12. The monoisotopic (exact) mass is 500 g/mol. The quantitative estimate of drug-likeness (QED) is 0.393. The molecule has 0 unspecified atom stereocenters. The Hall–Kier alpha value is -4.53. The summed E-state index contributed by atoms with van der Waals surface area (Å²) in [5, 5.41) is 6.83. The number of para-hydroxylation sites is 2. The van der Waals surface area contributed by atoms with Gasteiger partial charge in [-0.15, -0.1) is 0 Å². The van der Waals surface area contributed by atoms with Crippen molar-refractivity contribution in [2.45, 2.75) is 25.4 Å². The van der Waals surface area contributed by atoms with Gasteiger partial charge in [0.1, 0.15) is 11.6 Å². The van der Waals surface area contributed by atoms with Crippen LogP contribution in [-0.2, 0) is 22.4 Å². The molecule has 0 bridgehead atoms. The minimum atomic E-state index is -0.830. The molecule has 8 nitrogen and oxygen atoms in total. The molecule has 1 aliphatic heterocycles. The van der Waals surface area contributed by atoms with Crippen molar-refractivity contribution in [3.8, 4) is 17.1 Å². The predicted molar refractivity (Wildman–Crippen MR) is 134 cm³/mol. The Balaban J connectivity index is 1.21. The van der Waals surface area contributed by atoms with Gasteiger partial charge in [0.05, 0.1) is 12.2 Å². The van der Waals surface area contributed by atoms with E-state index in [1.807, 2.05) is 36.4 Å². The first-order valence-electron chi connectivity index (χ1n) is 12.0. The first-order chi connectivity index (χ1) is 18.1. The van der Waals surface area contributed by atoms with Crippen LogP contribution in [0.5, 0.6) is 5.75 Å². The van der Waals surface area contributed by atoms with Gasteiger partial charge in [-0.3, -0.25) is 9.59 Å². The molecule has 0 saturated heterocycles. The smallest absolute Gasteiger partial charge is 0.262 e. The molecule has 0 spiro atoms. The molecule has 188 valence electrons. The Kier molecular flexibility index (Phi) is 7.21. The van der Waals surface area contributed by atoms with E-state index >= 15 is 0 Å². The molecule has 0 aliphatic carbocycles. The van der Waals surface area contributed by atoms with Gasteiger partial charge in [0.2, 0.25) is 17.6 Å². The summed E-state index contributed by atoms with van der Waals surface area (Å²) < 4.78 is 24.4. The highest BCUT2D eigenvalue weighted by Crippen LogP contribution is 2.33. The van der Waals surface area contributed by atoms with E-state index in [0.717, 1.165) is 5.56 Å². The third-order valence-electron chi connectivity index (χ3n) is 6.05. The fourth-order valence-corrected chi connectivity index (χ4v) is 4.12. The first-order valence-corrected chi connectivity index (χ1v) is 12.0. The Bertz CT molecular complexity index is 1370. The Labute approximate surface area is 213 Å². The molecule has 2 amide bonds. The van der Waals surface area contributed by atoms with Crippen LogP contribution < -0.4 is 15.0 Å². The number of ether oxygens (including phenoxy) is 1. The van der Waals surface area contributed by atoms with E-state index in [9.17, 15) is 14.0 Å². The number of hydrogen-bond donors (Lipinski definition) is 1. The lowest BCUT2D eigenvalue weighted by Gasteiger charge is -2.34. The van der Waals surface area contributed by atoms with E-state index in [1.54, 1.807) is 35.2 Å². The predicted octanol–water partition coefficient (Wildman–Crippen LogP) is 3.96. The summed E-state index contributed by atoms with van der Waals surface area (Å²) in [5.74, 6) is 0.271. The average Bonchev–Trinajstić information content (AvgIpc) is 3.41. The van der Waals surface area contributed by atoms with Crippen LogP contribution in [0.2, 0.25) is 0 Å². The highest BCUT2D eigenvalue weighted by atomic mass is 19.1. The lowest BCUT2D eigenvalue weighted by molar-refractivity contribution is -0.128. The van der Waals surface area contributed by atoms with Gasteiger partial charge in [-0.25, -0.2) is 4.39 Å². The van der Waals surface area contributed by atoms with Gasteiger partial charge < -0.3 is 19.5 Å². The van der Waals surface area contributed by atoms with Crippen LogP contribution in [0.4, 0.5) is 10.1 Å². The molecule has 2 heterocycles. The number of carbonyl (C=O) groups is 2. The normalized spacial score (nSPS) is 14.5. The maximum Gasteiger partial charge on any atom is 0.262 e. The summed E-state index contributed by atoms with van der Waals surface area (Å²) >= 11 is 0. The molecule has 1 aromatic heterocycles. The number of amides is 2. The lowest BCUT2D eigenvalue weighted by Crippen LogP contribution is -2.51. The van der Waals surface area contributed by atoms with Gasteiger partial charge >= 0.3 is 0 Å². The number of aryl methyl sites for hydroxylation is 1. The van der Waals surface area contributed by atoms with Crippen molar-refractivity contribution in [3.63, 3.8) is 0 Å². The first kappa shape index (κ1) is 24.2. The highest BCUT2D eigenvalue weighted by molar-refractivity contribution is 5.97. The van der Waals surface area contributed by atoms with Crippen molar-refractivity contribution in [1.82, 2.24) is 15.5 Å². The summed E-state index contributed by atoms with van der Waals surface area (Å²) in [6.45, 7) is 0.559. The topological polar surface area (TPSA) is 97.6 Å². The largest absolute Gasteiger partial charge is 0.477 e. The second-order valence-electron chi connectivity index (χ2n) is 8.62. The second-order valence-corrected chi connectivity index (χ2v) is 8.62. The van der Waals surface area contributed by atoms with Gasteiger partial charge in [0, 0.05) is 24.9 Å². The van der Waals surface area contributed by atoms with E-state index in [1.165, 1.54) is 12.1 Å². The molecule has 0 saturated carbocycles. The molecule has 4 aromatic rings. The van der Waals surface area contributed by atoms with Gasteiger partial charge in [0.25, 0.3) is 5.91 Å². The van der Waals surface area contributed by atoms with E-state index in [4.69, 9.17) is 9.26 Å². The molecule has 1 atom stereocenters. The number of aromatic nitrogens is 2. The molecule has 5 rings (SSSR count). The number of nitrogens with zero attached hydrogens (tertiary/aromatic N) is 3. The molecule has 9 heteroatoms. The van der Waals surface area contributed by atoms with Crippen LogP contribution in [0.3, 0.4) is 0 Å². The molecule has 0 radical (unpaired) electrons. The van der Waals surface area contributed by atoms with Crippen molar-refractivity contribution in [3.05, 3.63) is 96.1 Å². The zero-order valence-corrected chi connectivity index (χ0v) is 20.0. The maximum atomic E-state index is 13.2. The Morgan fingerprint density at radius 1 is 0.973 bits per heavy atom. The average molecular weight is 501 g/mol. The highest BCUT2D eigenvalue weighted by Gasteiger charge is 2.33. The number of hydrogen-bond acceptors (Lipinski definition) is 6. The number of carbonyl (C=O) groups excluding carboxylic acids is 2. The van der Waals surface area contributed by atoms with E-state index in [-0.39, 0.29) is 37.0 Å². The molecule has 3 aromatic carbocycles. The molecule has 1 aliphatic rings. The molecule has 1 N–H and O–H groups in total. The van der Waals surface area contributed by atoms with Gasteiger partial charge in [-0.2, -0.15) is 4.98 Å². The molecular formula is C28H25FN4O4. The summed E-state index contributed by atoms with van der Waals surface area (Å²) in [4.78, 5) is 32.0. The zero-order chi connectivity index (χ0) is 25.6. The van der Waals surface area contributed by atoms with Gasteiger partial charge in [-0.05, 0) is 48.4 Å². The standard InChI is InChI=1S/C28H25FN4O4/c29-21-12-10-20(11-13-21)27-31-25(37-32-27)14-15-26(34)33-18-24(36-23-9-5-4-8-22(23)33)28(35)30-17-16-19-6-2-1-3-7-19/h1-13,24H,14-18H2,(H,30,35)/t24-/m0/s1. The van der Waals surface area contributed by atoms with Crippen LogP contribution in [0, 0.1) is 5.82 Å². The van der Waals surface area contributed by atoms with Crippen LogP contribution >= 0.6 is 0 Å². The molecular weight excluding hydrogens is 475 g/mol. The van der Waals surface area contributed by atoms with Crippen molar-refractivity contribution < 1.29 is 23.2 Å². The zero-order valence-electron chi connectivity index (χ0n) is 20.0. The lowest BCUT2D eigenvalue weighted by atomic mass is 10.1. The third-order valence-corrected chi connectivity index (χ3v) is 6.05. The van der Waals surface area contributed by atoms with Gasteiger partial charge in [-0.1, -0.05) is 47.6 Å². The van der Waals surface area contributed by atoms with E-state index in [2.05, 4.69) is 15.5 Å². The molecule has 37 heavy (non-hydrogen) atoms. The number of rotatable bonds is 8. The van der Waals surface area contributed by atoms with Crippen LogP contribution in [0.25, 0.3) is 11.4 Å². The summed E-state index contributed by atoms with van der Waals surface area (Å²) in [5.41, 5.74) is 2.35. The Morgan fingerprint density at radius 3 is 2.54 bits per heavy atom. The van der Waals surface area contributed by atoms with Crippen LogP contribution in [0.15, 0.2) is 83.4 Å². The SMILES string of the molecule is O=C(NCCc1ccccc1)[C@@H]1CN(C(=O)CCc2nc(-c3ccc(F)cc3)no2)c2ccccc2O1. The summed E-state index contributed by atoms with van der Waals surface area (Å²) in [6.07, 6.45) is 0.188. The van der Waals surface area contributed by atoms with E-state index in [0.29, 0.717) is 41.7 Å². The van der Waals surface area contributed by atoms with E-state index < -0.39 is 6.10 Å². The van der Waals surface area contributed by atoms with Crippen LogP contribution in [-0.4, -0.2) is 41.1 Å². The van der Waals surface area contributed by atoms with Crippen molar-refractivity contribution in [2.75, 3.05) is 18.0 Å². The minimum Gasteiger partial charge on any atom is -0.477 e. The maximum absolute atomic E-state index is 13.2. The number of anilines is 1. The number of benzene rings is 3. The number of halogens is 1. The van der Waals surface area contributed by atoms with Crippen molar-refractivity contribution >= 4 is 17.5 Å². The van der Waals surface area contributed by atoms with Crippen molar-refractivity contribution in [2.24, 2.45) is 0 Å². The number of fused-ring (bicyclic) bond motifs is 1. The number of nitrogens with one attached hydrogen (secondary N) is 1. The van der Waals surface area contributed by atoms with Crippen LogP contribution in [0.1, 0.15) is 17.9 Å². The molecule has 0 fully saturated rings.